The average molecular weight is 165 g/mol. The number of aryl methyl sites for hydroxylation is 1. The summed E-state index contributed by atoms with van der Waals surface area (Å²) in [5.41, 5.74) is 7.84. The molecule has 1 unspecified atom stereocenters. The van der Waals surface area contributed by atoms with Gasteiger partial charge in [-0.3, -0.25) is 0 Å². The van der Waals surface area contributed by atoms with E-state index in [2.05, 4.69) is 16.9 Å². The fourth-order valence-corrected chi connectivity index (χ4v) is 1.03. The summed E-state index contributed by atoms with van der Waals surface area (Å²) >= 11 is 0. The Morgan fingerprint density at radius 1 is 1.50 bits per heavy atom. The lowest BCUT2D eigenvalue weighted by atomic mass is 10.1. The quantitative estimate of drug-likeness (QED) is 0.728. The van der Waals surface area contributed by atoms with E-state index < -0.39 is 0 Å². The summed E-state index contributed by atoms with van der Waals surface area (Å²) in [7, 11) is 0. The van der Waals surface area contributed by atoms with E-state index >= 15 is 0 Å². The van der Waals surface area contributed by atoms with E-state index in [1.54, 1.807) is 6.33 Å². The molecule has 0 aliphatic rings. The Bertz CT molecular complexity index is 247. The van der Waals surface area contributed by atoms with E-state index in [1.807, 2.05) is 13.0 Å². The van der Waals surface area contributed by atoms with Crippen molar-refractivity contribution >= 4 is 0 Å². The molecule has 0 aliphatic carbocycles. The van der Waals surface area contributed by atoms with Gasteiger partial charge in [0.2, 0.25) is 0 Å². The normalized spacial score (nSPS) is 12.9. The Kier molecular flexibility index (Phi) is 3.17. The molecule has 3 nitrogen and oxygen atoms in total. The Morgan fingerprint density at radius 3 is 2.83 bits per heavy atom. The SMILES string of the molecule is CCC(N)Cc1cc(C)ncn1. The number of nitrogens with two attached hydrogens (primary N) is 1. The van der Waals surface area contributed by atoms with Gasteiger partial charge in [0.15, 0.2) is 0 Å². The van der Waals surface area contributed by atoms with Crippen molar-refractivity contribution in [2.75, 3.05) is 0 Å². The third-order valence-corrected chi connectivity index (χ3v) is 1.86. The Hall–Kier alpha value is -0.960. The summed E-state index contributed by atoms with van der Waals surface area (Å²) in [6, 6.07) is 2.20. The standard InChI is InChI=1S/C9H15N3/c1-3-8(10)5-9-4-7(2)11-6-12-9/h4,6,8H,3,5,10H2,1-2H3. The van der Waals surface area contributed by atoms with Gasteiger partial charge in [-0.1, -0.05) is 6.92 Å². The number of aromatic nitrogens is 2. The molecule has 1 aromatic rings. The molecule has 0 saturated heterocycles. The van der Waals surface area contributed by atoms with Crippen LogP contribution in [0.3, 0.4) is 0 Å². The fourth-order valence-electron chi connectivity index (χ4n) is 1.03. The zero-order valence-electron chi connectivity index (χ0n) is 7.62. The number of hydrogen-bond donors (Lipinski definition) is 1. The van der Waals surface area contributed by atoms with Crippen molar-refractivity contribution in [3.63, 3.8) is 0 Å². The number of rotatable bonds is 3. The lowest BCUT2D eigenvalue weighted by Gasteiger charge is -2.07. The molecule has 12 heavy (non-hydrogen) atoms. The fraction of sp³-hybridized carbons (Fsp3) is 0.556. The molecule has 0 aromatic carbocycles. The van der Waals surface area contributed by atoms with Crippen LogP contribution < -0.4 is 5.73 Å². The largest absolute Gasteiger partial charge is 0.327 e. The van der Waals surface area contributed by atoms with Crippen LogP contribution in [0.15, 0.2) is 12.4 Å². The first-order chi connectivity index (χ1) is 5.72. The zero-order chi connectivity index (χ0) is 8.97. The predicted molar refractivity (Wildman–Crippen MR) is 48.7 cm³/mol. The second kappa shape index (κ2) is 4.16. The molecule has 0 bridgehead atoms. The minimum atomic E-state index is 0.222. The van der Waals surface area contributed by atoms with Crippen LogP contribution in [0.1, 0.15) is 24.7 Å². The molecule has 0 fully saturated rings. The maximum atomic E-state index is 5.79. The summed E-state index contributed by atoms with van der Waals surface area (Å²) in [4.78, 5) is 8.16. The summed E-state index contributed by atoms with van der Waals surface area (Å²) in [6.45, 7) is 4.04. The highest BCUT2D eigenvalue weighted by Crippen LogP contribution is 2.01. The lowest BCUT2D eigenvalue weighted by molar-refractivity contribution is 0.635. The minimum Gasteiger partial charge on any atom is -0.327 e. The molecule has 1 aromatic heterocycles. The summed E-state index contributed by atoms with van der Waals surface area (Å²) < 4.78 is 0. The number of hydrogen-bond acceptors (Lipinski definition) is 3. The van der Waals surface area contributed by atoms with Crippen LogP contribution in [0.2, 0.25) is 0 Å². The maximum Gasteiger partial charge on any atom is 0.115 e. The molecule has 0 aliphatic heterocycles. The van der Waals surface area contributed by atoms with Crippen molar-refractivity contribution in [1.29, 1.82) is 0 Å². The highest BCUT2D eigenvalue weighted by molar-refractivity contribution is 5.07. The van der Waals surface area contributed by atoms with Gasteiger partial charge < -0.3 is 5.73 Å². The van der Waals surface area contributed by atoms with E-state index in [1.165, 1.54) is 0 Å². The van der Waals surface area contributed by atoms with Crippen molar-refractivity contribution in [2.45, 2.75) is 32.7 Å². The third-order valence-electron chi connectivity index (χ3n) is 1.86. The Balaban J connectivity index is 2.63. The topological polar surface area (TPSA) is 51.8 Å². The van der Waals surface area contributed by atoms with Crippen LogP contribution in [0.4, 0.5) is 0 Å². The molecular formula is C9H15N3. The third kappa shape index (κ3) is 2.58. The van der Waals surface area contributed by atoms with Gasteiger partial charge in [-0.25, -0.2) is 9.97 Å². The Labute approximate surface area is 73.0 Å². The minimum absolute atomic E-state index is 0.222. The van der Waals surface area contributed by atoms with E-state index in [-0.39, 0.29) is 6.04 Å². The van der Waals surface area contributed by atoms with Crippen LogP contribution in [0.25, 0.3) is 0 Å². The van der Waals surface area contributed by atoms with E-state index in [4.69, 9.17) is 5.73 Å². The second-order valence-corrected chi connectivity index (χ2v) is 3.02. The molecule has 3 heteroatoms. The highest BCUT2D eigenvalue weighted by atomic mass is 14.8. The van der Waals surface area contributed by atoms with Crippen molar-refractivity contribution in [2.24, 2.45) is 5.73 Å². The van der Waals surface area contributed by atoms with E-state index in [9.17, 15) is 0 Å². The predicted octanol–water partition coefficient (Wildman–Crippen LogP) is 1.06. The molecule has 0 radical (unpaired) electrons. The van der Waals surface area contributed by atoms with Gasteiger partial charge in [-0.15, -0.1) is 0 Å². The Morgan fingerprint density at radius 2 is 2.25 bits per heavy atom. The van der Waals surface area contributed by atoms with E-state index in [0.717, 1.165) is 24.2 Å². The first-order valence-electron chi connectivity index (χ1n) is 4.25. The van der Waals surface area contributed by atoms with Crippen molar-refractivity contribution < 1.29 is 0 Å². The molecular weight excluding hydrogens is 150 g/mol. The highest BCUT2D eigenvalue weighted by Gasteiger charge is 2.02. The molecule has 2 N–H and O–H groups in total. The smallest absolute Gasteiger partial charge is 0.115 e. The molecule has 0 saturated carbocycles. The second-order valence-electron chi connectivity index (χ2n) is 3.02. The first-order valence-corrected chi connectivity index (χ1v) is 4.25. The molecule has 1 heterocycles. The number of nitrogens with zero attached hydrogens (tertiary/aromatic N) is 2. The first kappa shape index (κ1) is 9.13. The van der Waals surface area contributed by atoms with Gasteiger partial charge in [0, 0.05) is 23.9 Å². The molecule has 66 valence electrons. The average Bonchev–Trinajstić information content (AvgIpc) is 2.04. The summed E-state index contributed by atoms with van der Waals surface area (Å²) in [5.74, 6) is 0. The van der Waals surface area contributed by atoms with Gasteiger partial charge in [0.1, 0.15) is 6.33 Å². The van der Waals surface area contributed by atoms with E-state index in [0.29, 0.717) is 0 Å². The van der Waals surface area contributed by atoms with Crippen LogP contribution >= 0.6 is 0 Å². The monoisotopic (exact) mass is 165 g/mol. The van der Waals surface area contributed by atoms with Gasteiger partial charge in [0.05, 0.1) is 0 Å². The van der Waals surface area contributed by atoms with Gasteiger partial charge in [-0.05, 0) is 19.4 Å². The maximum absolute atomic E-state index is 5.79. The van der Waals surface area contributed by atoms with Crippen molar-refractivity contribution in [3.05, 3.63) is 23.8 Å². The lowest BCUT2D eigenvalue weighted by Crippen LogP contribution is -2.22. The van der Waals surface area contributed by atoms with Crippen LogP contribution in [0.5, 0.6) is 0 Å². The van der Waals surface area contributed by atoms with Gasteiger partial charge in [-0.2, -0.15) is 0 Å². The molecule has 1 rings (SSSR count). The summed E-state index contributed by atoms with van der Waals surface area (Å²) in [5, 5.41) is 0. The van der Waals surface area contributed by atoms with Gasteiger partial charge in [0.25, 0.3) is 0 Å². The van der Waals surface area contributed by atoms with Crippen LogP contribution in [-0.2, 0) is 6.42 Å². The van der Waals surface area contributed by atoms with Crippen LogP contribution in [-0.4, -0.2) is 16.0 Å². The van der Waals surface area contributed by atoms with Crippen molar-refractivity contribution in [3.8, 4) is 0 Å². The van der Waals surface area contributed by atoms with Crippen molar-refractivity contribution in [1.82, 2.24) is 9.97 Å². The zero-order valence-corrected chi connectivity index (χ0v) is 7.62. The van der Waals surface area contributed by atoms with Crippen LogP contribution in [0, 0.1) is 6.92 Å². The molecule has 0 amide bonds. The molecule has 0 spiro atoms. The summed E-state index contributed by atoms with van der Waals surface area (Å²) in [6.07, 6.45) is 3.43. The molecule has 1 atom stereocenters. The van der Waals surface area contributed by atoms with Gasteiger partial charge >= 0.3 is 0 Å².